The van der Waals surface area contributed by atoms with E-state index in [2.05, 4.69) is 29.2 Å². The number of nitrogens with two attached hydrogens (primary N) is 1. The van der Waals surface area contributed by atoms with E-state index >= 15 is 0 Å². The SMILES string of the molecule is NCC1CCN(C(=O)[C@@H]2C[C@H]2c2ccccc2)CC1.O=C(O)C(F)(F)F. The first-order valence-electron chi connectivity index (χ1n) is 8.58. The van der Waals surface area contributed by atoms with Gasteiger partial charge in [0.05, 0.1) is 0 Å². The number of amides is 1. The first kappa shape index (κ1) is 20.2. The molecule has 1 heterocycles. The van der Waals surface area contributed by atoms with Gasteiger partial charge in [-0.25, -0.2) is 4.79 Å². The molecule has 26 heavy (non-hydrogen) atoms. The second-order valence-electron chi connectivity index (χ2n) is 6.67. The number of likely N-dealkylation sites (tertiary alicyclic amines) is 1. The number of piperidine rings is 1. The Labute approximate surface area is 150 Å². The van der Waals surface area contributed by atoms with Crippen LogP contribution in [0.3, 0.4) is 0 Å². The lowest BCUT2D eigenvalue weighted by atomic mass is 9.96. The predicted octanol–water partition coefficient (Wildman–Crippen LogP) is 2.62. The quantitative estimate of drug-likeness (QED) is 0.854. The highest BCUT2D eigenvalue weighted by Crippen LogP contribution is 2.48. The number of hydrogen-bond acceptors (Lipinski definition) is 3. The number of nitrogens with zero attached hydrogens (tertiary/aromatic N) is 1. The van der Waals surface area contributed by atoms with Gasteiger partial charge in [0.1, 0.15) is 0 Å². The van der Waals surface area contributed by atoms with Crippen LogP contribution >= 0.6 is 0 Å². The molecule has 0 aromatic heterocycles. The Bertz CT molecular complexity index is 614. The van der Waals surface area contributed by atoms with Crippen LogP contribution in [0, 0.1) is 11.8 Å². The van der Waals surface area contributed by atoms with Gasteiger partial charge in [0.2, 0.25) is 5.91 Å². The largest absolute Gasteiger partial charge is 0.490 e. The van der Waals surface area contributed by atoms with Gasteiger partial charge < -0.3 is 15.7 Å². The van der Waals surface area contributed by atoms with Crippen LogP contribution in [0.2, 0.25) is 0 Å². The number of carbonyl (C=O) groups excluding carboxylic acids is 1. The standard InChI is InChI=1S/C16H22N2O.C2HF3O2/c17-11-12-6-8-18(9-7-12)16(19)15-10-14(15)13-4-2-1-3-5-13;3-2(4,5)1(6)7/h1-5,12,14-15H,6-11,17H2;(H,6,7)/t14-,15+;/m0./s1. The molecular formula is C18H23F3N2O3. The Kier molecular flexibility index (Phi) is 6.63. The molecule has 1 aliphatic carbocycles. The second-order valence-corrected chi connectivity index (χ2v) is 6.67. The second kappa shape index (κ2) is 8.53. The van der Waals surface area contributed by atoms with Crippen molar-refractivity contribution in [2.45, 2.75) is 31.4 Å². The molecule has 0 radical (unpaired) electrons. The van der Waals surface area contributed by atoms with Gasteiger partial charge in [-0.05, 0) is 43.2 Å². The van der Waals surface area contributed by atoms with Crippen molar-refractivity contribution >= 4 is 11.9 Å². The van der Waals surface area contributed by atoms with Gasteiger partial charge in [-0.15, -0.1) is 0 Å². The number of hydrogen-bond donors (Lipinski definition) is 2. The summed E-state index contributed by atoms with van der Waals surface area (Å²) in [5.74, 6) is -1.08. The Morgan fingerprint density at radius 2 is 1.69 bits per heavy atom. The van der Waals surface area contributed by atoms with E-state index in [0.717, 1.165) is 38.9 Å². The fraction of sp³-hybridized carbons (Fsp3) is 0.556. The highest BCUT2D eigenvalue weighted by Gasteiger charge is 2.45. The molecule has 2 fully saturated rings. The normalized spacial score (nSPS) is 23.0. The molecule has 1 aromatic rings. The summed E-state index contributed by atoms with van der Waals surface area (Å²) in [5.41, 5.74) is 7.01. The summed E-state index contributed by atoms with van der Waals surface area (Å²) in [7, 11) is 0. The molecule has 1 saturated heterocycles. The summed E-state index contributed by atoms with van der Waals surface area (Å²) in [6.07, 6.45) is -1.91. The van der Waals surface area contributed by atoms with Crippen LogP contribution in [-0.4, -0.2) is 47.7 Å². The van der Waals surface area contributed by atoms with Crippen LogP contribution < -0.4 is 5.73 Å². The zero-order valence-electron chi connectivity index (χ0n) is 14.3. The van der Waals surface area contributed by atoms with E-state index in [0.29, 0.717) is 17.7 Å². The van der Waals surface area contributed by atoms with Crippen LogP contribution in [0.15, 0.2) is 30.3 Å². The van der Waals surface area contributed by atoms with Gasteiger partial charge in [-0.1, -0.05) is 30.3 Å². The average molecular weight is 372 g/mol. The van der Waals surface area contributed by atoms with Gasteiger partial charge in [-0.3, -0.25) is 4.79 Å². The van der Waals surface area contributed by atoms with E-state index in [1.165, 1.54) is 5.56 Å². The zero-order valence-corrected chi connectivity index (χ0v) is 14.3. The van der Waals surface area contributed by atoms with Crippen molar-refractivity contribution in [3.05, 3.63) is 35.9 Å². The maximum absolute atomic E-state index is 12.4. The molecule has 0 bridgehead atoms. The molecule has 1 aromatic carbocycles. The molecule has 3 N–H and O–H groups in total. The first-order valence-corrected chi connectivity index (χ1v) is 8.58. The third-order valence-electron chi connectivity index (χ3n) is 4.84. The maximum Gasteiger partial charge on any atom is 0.490 e. The van der Waals surface area contributed by atoms with Crippen LogP contribution in [0.5, 0.6) is 0 Å². The van der Waals surface area contributed by atoms with Crippen molar-refractivity contribution in [1.29, 1.82) is 0 Å². The number of aliphatic carboxylic acids is 1. The first-order chi connectivity index (χ1) is 12.2. The van der Waals surface area contributed by atoms with Crippen molar-refractivity contribution in [3.63, 3.8) is 0 Å². The number of rotatable bonds is 3. The van der Waals surface area contributed by atoms with E-state index in [-0.39, 0.29) is 5.92 Å². The molecule has 2 aliphatic rings. The van der Waals surface area contributed by atoms with Gasteiger partial charge >= 0.3 is 12.1 Å². The lowest BCUT2D eigenvalue weighted by molar-refractivity contribution is -0.192. The Balaban J connectivity index is 0.000000298. The van der Waals surface area contributed by atoms with Crippen LogP contribution in [0.1, 0.15) is 30.7 Å². The summed E-state index contributed by atoms with van der Waals surface area (Å²) in [4.78, 5) is 23.4. The van der Waals surface area contributed by atoms with E-state index in [1.807, 2.05) is 6.07 Å². The minimum Gasteiger partial charge on any atom is -0.475 e. The number of carbonyl (C=O) groups is 2. The maximum atomic E-state index is 12.4. The molecule has 0 unspecified atom stereocenters. The van der Waals surface area contributed by atoms with Gasteiger partial charge in [0.15, 0.2) is 0 Å². The monoisotopic (exact) mass is 372 g/mol. The number of carboxylic acid groups (broad SMARTS) is 1. The highest BCUT2D eigenvalue weighted by atomic mass is 19.4. The molecule has 1 aliphatic heterocycles. The van der Waals surface area contributed by atoms with Crippen molar-refractivity contribution in [3.8, 4) is 0 Å². The molecule has 144 valence electrons. The molecule has 3 rings (SSSR count). The average Bonchev–Trinajstić information content (AvgIpc) is 3.42. The van der Waals surface area contributed by atoms with Crippen molar-refractivity contribution in [2.75, 3.05) is 19.6 Å². The Hall–Kier alpha value is -2.09. The molecule has 2 atom stereocenters. The third-order valence-corrected chi connectivity index (χ3v) is 4.84. The minimum atomic E-state index is -5.08. The van der Waals surface area contributed by atoms with Gasteiger partial charge in [0.25, 0.3) is 0 Å². The molecule has 1 amide bonds. The topological polar surface area (TPSA) is 83.6 Å². The van der Waals surface area contributed by atoms with Crippen molar-refractivity contribution < 1.29 is 27.9 Å². The fourth-order valence-corrected chi connectivity index (χ4v) is 3.16. The highest BCUT2D eigenvalue weighted by molar-refractivity contribution is 5.83. The van der Waals surface area contributed by atoms with Crippen LogP contribution in [0.25, 0.3) is 0 Å². The van der Waals surface area contributed by atoms with E-state index in [4.69, 9.17) is 15.6 Å². The summed E-state index contributed by atoms with van der Waals surface area (Å²) in [5, 5.41) is 7.12. The number of halogens is 3. The number of benzene rings is 1. The lowest BCUT2D eigenvalue weighted by Gasteiger charge is -2.31. The minimum absolute atomic E-state index is 0.233. The van der Waals surface area contributed by atoms with E-state index in [1.54, 1.807) is 0 Å². The Morgan fingerprint density at radius 1 is 1.15 bits per heavy atom. The van der Waals surface area contributed by atoms with Gasteiger partial charge in [-0.2, -0.15) is 13.2 Å². The molecule has 0 spiro atoms. The number of alkyl halides is 3. The zero-order chi connectivity index (χ0) is 19.3. The summed E-state index contributed by atoms with van der Waals surface area (Å²) in [6.45, 7) is 2.56. The van der Waals surface area contributed by atoms with Gasteiger partial charge in [0, 0.05) is 19.0 Å². The molecule has 5 nitrogen and oxygen atoms in total. The Morgan fingerprint density at radius 3 is 2.15 bits per heavy atom. The molecule has 8 heteroatoms. The van der Waals surface area contributed by atoms with E-state index < -0.39 is 12.1 Å². The summed E-state index contributed by atoms with van der Waals surface area (Å²) >= 11 is 0. The fourth-order valence-electron chi connectivity index (χ4n) is 3.16. The third kappa shape index (κ3) is 5.45. The van der Waals surface area contributed by atoms with Crippen LogP contribution in [0.4, 0.5) is 13.2 Å². The molecule has 1 saturated carbocycles. The lowest BCUT2D eigenvalue weighted by Crippen LogP contribution is -2.41. The number of carboxylic acids is 1. The summed E-state index contributed by atoms with van der Waals surface area (Å²) in [6, 6.07) is 10.4. The van der Waals surface area contributed by atoms with Crippen molar-refractivity contribution in [2.24, 2.45) is 17.6 Å². The van der Waals surface area contributed by atoms with Crippen LogP contribution in [-0.2, 0) is 9.59 Å². The summed E-state index contributed by atoms with van der Waals surface area (Å²) < 4.78 is 31.7. The van der Waals surface area contributed by atoms with Crippen molar-refractivity contribution in [1.82, 2.24) is 4.90 Å². The molecular weight excluding hydrogens is 349 g/mol. The predicted molar refractivity (Wildman–Crippen MR) is 89.3 cm³/mol. The smallest absolute Gasteiger partial charge is 0.475 e. The van der Waals surface area contributed by atoms with E-state index in [9.17, 15) is 18.0 Å².